The van der Waals surface area contributed by atoms with Crippen molar-refractivity contribution in [3.63, 3.8) is 0 Å². The van der Waals surface area contributed by atoms with Gasteiger partial charge in [-0.25, -0.2) is 0 Å². The number of hydrogen-bond donors (Lipinski definition) is 2. The van der Waals surface area contributed by atoms with Gasteiger partial charge >= 0.3 is 0 Å². The van der Waals surface area contributed by atoms with Crippen molar-refractivity contribution < 1.29 is 9.90 Å². The molecule has 1 amide bonds. The van der Waals surface area contributed by atoms with Gasteiger partial charge in [-0.2, -0.15) is 0 Å². The summed E-state index contributed by atoms with van der Waals surface area (Å²) in [5.41, 5.74) is 4.30. The summed E-state index contributed by atoms with van der Waals surface area (Å²) < 4.78 is 0. The van der Waals surface area contributed by atoms with Gasteiger partial charge in [0, 0.05) is 0 Å². The zero-order valence-electron chi connectivity index (χ0n) is 12.5. The normalized spacial score (nSPS) is 12.0. The first-order valence-electron chi connectivity index (χ1n) is 7.11. The Labute approximate surface area is 125 Å². The van der Waals surface area contributed by atoms with Crippen LogP contribution in [-0.2, 0) is 11.2 Å². The lowest BCUT2D eigenvalue weighted by molar-refractivity contribution is -0.121. The lowest BCUT2D eigenvalue weighted by Crippen LogP contribution is -2.31. The summed E-state index contributed by atoms with van der Waals surface area (Å²) in [6.45, 7) is 3.98. The average Bonchev–Trinajstić information content (AvgIpc) is 2.49. The lowest BCUT2D eigenvalue weighted by atomic mass is 10.0. The summed E-state index contributed by atoms with van der Waals surface area (Å²) in [5, 5.41) is 12.3. The Morgan fingerprint density at radius 2 is 1.81 bits per heavy atom. The average molecular weight is 283 g/mol. The highest BCUT2D eigenvalue weighted by Gasteiger charge is 2.13. The summed E-state index contributed by atoms with van der Waals surface area (Å²) in [7, 11) is 0. The third-order valence-corrected chi connectivity index (χ3v) is 3.66. The van der Waals surface area contributed by atoms with E-state index in [1.807, 2.05) is 55.5 Å². The molecule has 0 fully saturated rings. The number of aryl methyl sites for hydroxylation is 2. The molecular weight excluding hydrogens is 262 g/mol. The molecular formula is C18H21NO2. The Morgan fingerprint density at radius 1 is 1.10 bits per heavy atom. The summed E-state index contributed by atoms with van der Waals surface area (Å²) in [6.07, 6.45) is 0.324. The van der Waals surface area contributed by atoms with Crippen LogP contribution >= 0.6 is 0 Å². The van der Waals surface area contributed by atoms with Crippen LogP contribution in [0.15, 0.2) is 48.5 Å². The molecule has 0 spiro atoms. The van der Waals surface area contributed by atoms with Crippen molar-refractivity contribution in [3.05, 3.63) is 70.8 Å². The summed E-state index contributed by atoms with van der Waals surface area (Å²) >= 11 is 0. The quantitative estimate of drug-likeness (QED) is 0.886. The second-order valence-corrected chi connectivity index (χ2v) is 5.31. The molecule has 0 bridgehead atoms. The molecule has 110 valence electrons. The van der Waals surface area contributed by atoms with Crippen LogP contribution in [0, 0.1) is 13.8 Å². The fourth-order valence-electron chi connectivity index (χ4n) is 2.26. The molecule has 3 nitrogen and oxygen atoms in total. The van der Waals surface area contributed by atoms with Crippen LogP contribution in [0.25, 0.3) is 0 Å². The molecule has 0 heterocycles. The Kier molecular flexibility index (Phi) is 5.12. The second-order valence-electron chi connectivity index (χ2n) is 5.31. The fraction of sp³-hybridized carbons (Fsp3) is 0.278. The Balaban J connectivity index is 2.01. The van der Waals surface area contributed by atoms with Crippen molar-refractivity contribution in [1.82, 2.24) is 5.32 Å². The standard InChI is InChI=1S/C18H21NO2/c1-13-8-9-15(10-14(13)2)11-18(21)19-17(12-20)16-6-4-3-5-7-16/h3-10,17,20H,11-12H2,1-2H3,(H,19,21)/t17-/m0/s1. The van der Waals surface area contributed by atoms with Gasteiger partial charge in [0.1, 0.15) is 0 Å². The highest BCUT2D eigenvalue weighted by atomic mass is 16.3. The molecule has 2 aromatic rings. The van der Waals surface area contributed by atoms with E-state index in [0.717, 1.165) is 11.1 Å². The topological polar surface area (TPSA) is 49.3 Å². The van der Waals surface area contributed by atoms with Gasteiger partial charge in [-0.15, -0.1) is 0 Å². The van der Waals surface area contributed by atoms with Gasteiger partial charge < -0.3 is 10.4 Å². The van der Waals surface area contributed by atoms with E-state index in [9.17, 15) is 9.90 Å². The van der Waals surface area contributed by atoms with Gasteiger partial charge in [0.05, 0.1) is 19.1 Å². The van der Waals surface area contributed by atoms with Gasteiger partial charge in [-0.1, -0.05) is 48.5 Å². The molecule has 0 aliphatic carbocycles. The van der Waals surface area contributed by atoms with Crippen LogP contribution in [0.5, 0.6) is 0 Å². The Bertz CT molecular complexity index is 608. The Morgan fingerprint density at radius 3 is 2.43 bits per heavy atom. The molecule has 0 unspecified atom stereocenters. The minimum absolute atomic E-state index is 0.0823. The lowest BCUT2D eigenvalue weighted by Gasteiger charge is -2.17. The molecule has 2 N–H and O–H groups in total. The third-order valence-electron chi connectivity index (χ3n) is 3.66. The third kappa shape index (κ3) is 4.17. The van der Waals surface area contributed by atoms with Crippen molar-refractivity contribution in [2.75, 3.05) is 6.61 Å². The first-order valence-corrected chi connectivity index (χ1v) is 7.11. The maximum absolute atomic E-state index is 12.1. The number of aliphatic hydroxyl groups excluding tert-OH is 1. The highest BCUT2D eigenvalue weighted by molar-refractivity contribution is 5.79. The van der Waals surface area contributed by atoms with E-state index >= 15 is 0 Å². The number of carbonyl (C=O) groups is 1. The summed E-state index contributed by atoms with van der Waals surface area (Å²) in [5.74, 6) is -0.0823. The van der Waals surface area contributed by atoms with Crippen molar-refractivity contribution in [1.29, 1.82) is 0 Å². The van der Waals surface area contributed by atoms with Crippen LogP contribution in [0.3, 0.4) is 0 Å². The summed E-state index contributed by atoms with van der Waals surface area (Å²) in [4.78, 5) is 12.1. The zero-order valence-corrected chi connectivity index (χ0v) is 12.5. The first kappa shape index (κ1) is 15.3. The molecule has 0 radical (unpaired) electrons. The maximum Gasteiger partial charge on any atom is 0.224 e. The van der Waals surface area contributed by atoms with Crippen LogP contribution in [0.2, 0.25) is 0 Å². The van der Waals surface area contributed by atoms with Crippen LogP contribution < -0.4 is 5.32 Å². The van der Waals surface area contributed by atoms with E-state index in [0.29, 0.717) is 6.42 Å². The molecule has 0 aromatic heterocycles. The van der Waals surface area contributed by atoms with Gasteiger partial charge in [0.25, 0.3) is 0 Å². The van der Waals surface area contributed by atoms with Gasteiger partial charge in [0.2, 0.25) is 5.91 Å². The maximum atomic E-state index is 12.1. The molecule has 2 rings (SSSR count). The zero-order chi connectivity index (χ0) is 15.2. The van der Waals surface area contributed by atoms with Gasteiger partial charge in [-0.05, 0) is 36.1 Å². The molecule has 2 aromatic carbocycles. The largest absolute Gasteiger partial charge is 0.394 e. The monoisotopic (exact) mass is 283 g/mol. The van der Waals surface area contributed by atoms with Gasteiger partial charge in [-0.3, -0.25) is 4.79 Å². The van der Waals surface area contributed by atoms with E-state index in [2.05, 4.69) is 12.2 Å². The number of nitrogens with one attached hydrogen (secondary N) is 1. The predicted octanol–water partition coefficient (Wildman–Crippen LogP) is 2.70. The molecule has 0 saturated carbocycles. The minimum Gasteiger partial charge on any atom is -0.394 e. The number of benzene rings is 2. The smallest absolute Gasteiger partial charge is 0.224 e. The van der Waals surface area contributed by atoms with E-state index in [1.54, 1.807) is 0 Å². The van der Waals surface area contributed by atoms with E-state index in [-0.39, 0.29) is 18.6 Å². The van der Waals surface area contributed by atoms with Gasteiger partial charge in [0.15, 0.2) is 0 Å². The predicted molar refractivity (Wildman–Crippen MR) is 84.0 cm³/mol. The molecule has 0 saturated heterocycles. The van der Waals surface area contributed by atoms with Crippen LogP contribution in [-0.4, -0.2) is 17.6 Å². The SMILES string of the molecule is Cc1ccc(CC(=O)N[C@@H](CO)c2ccccc2)cc1C. The molecule has 0 aliphatic heterocycles. The number of carbonyl (C=O) groups excluding carboxylic acids is 1. The van der Waals surface area contributed by atoms with E-state index in [4.69, 9.17) is 0 Å². The number of hydrogen-bond acceptors (Lipinski definition) is 2. The fourth-order valence-corrected chi connectivity index (χ4v) is 2.26. The highest BCUT2D eigenvalue weighted by Crippen LogP contribution is 2.13. The number of aliphatic hydroxyl groups is 1. The minimum atomic E-state index is -0.356. The van der Waals surface area contributed by atoms with E-state index in [1.165, 1.54) is 11.1 Å². The second kappa shape index (κ2) is 7.04. The van der Waals surface area contributed by atoms with Crippen LogP contribution in [0.1, 0.15) is 28.3 Å². The molecule has 21 heavy (non-hydrogen) atoms. The molecule has 0 aliphatic rings. The van der Waals surface area contributed by atoms with Crippen molar-refractivity contribution in [2.24, 2.45) is 0 Å². The van der Waals surface area contributed by atoms with Crippen LogP contribution in [0.4, 0.5) is 0 Å². The summed E-state index contributed by atoms with van der Waals surface area (Å²) in [6, 6.07) is 15.2. The van der Waals surface area contributed by atoms with Crippen molar-refractivity contribution in [2.45, 2.75) is 26.3 Å². The van der Waals surface area contributed by atoms with E-state index < -0.39 is 0 Å². The van der Waals surface area contributed by atoms with Crippen molar-refractivity contribution >= 4 is 5.91 Å². The number of rotatable bonds is 5. The Hall–Kier alpha value is -2.13. The molecule has 1 atom stereocenters. The number of amides is 1. The van der Waals surface area contributed by atoms with Crippen molar-refractivity contribution in [3.8, 4) is 0 Å². The first-order chi connectivity index (χ1) is 10.1. The molecule has 3 heteroatoms.